The molecule has 2 amide bonds. The minimum atomic E-state index is -0.280. The maximum atomic E-state index is 12.7. The molecule has 0 bridgehead atoms. The number of benzene rings is 1. The van der Waals surface area contributed by atoms with Crippen LogP contribution in [0.4, 0.5) is 10.8 Å². The molecular formula is C21H28N4O2S. The van der Waals surface area contributed by atoms with Crippen molar-refractivity contribution in [2.75, 3.05) is 16.8 Å². The Bertz CT molecular complexity index is 804. The number of amides is 2. The average Bonchev–Trinajstić information content (AvgIpc) is 3.40. The number of para-hydroxylation sites is 1. The zero-order valence-electron chi connectivity index (χ0n) is 16.7. The summed E-state index contributed by atoms with van der Waals surface area (Å²) < 4.78 is 0. The number of hydrogen-bond donors (Lipinski definition) is 1. The molecule has 1 aromatic carbocycles. The van der Waals surface area contributed by atoms with E-state index in [1.165, 1.54) is 11.3 Å². The van der Waals surface area contributed by atoms with Gasteiger partial charge in [-0.05, 0) is 44.9 Å². The second kappa shape index (κ2) is 9.30. The van der Waals surface area contributed by atoms with Gasteiger partial charge in [0.15, 0.2) is 5.13 Å². The van der Waals surface area contributed by atoms with Crippen LogP contribution in [0.1, 0.15) is 45.7 Å². The SMILES string of the molecule is CCCN(Cc1csc(N(C(C)=O)C2CC2)n1)C(C)C(=O)Nc1ccccc1. The van der Waals surface area contributed by atoms with Crippen molar-refractivity contribution in [3.8, 4) is 0 Å². The fourth-order valence-corrected chi connectivity index (χ4v) is 4.13. The molecule has 1 heterocycles. The maximum Gasteiger partial charge on any atom is 0.241 e. The molecule has 1 saturated carbocycles. The number of thiazole rings is 1. The van der Waals surface area contributed by atoms with E-state index in [-0.39, 0.29) is 17.9 Å². The molecule has 1 unspecified atom stereocenters. The Morgan fingerprint density at radius 1 is 1.29 bits per heavy atom. The van der Waals surface area contributed by atoms with Crippen LogP contribution in [-0.2, 0) is 16.1 Å². The van der Waals surface area contributed by atoms with Gasteiger partial charge < -0.3 is 5.32 Å². The molecular weight excluding hydrogens is 372 g/mol. The van der Waals surface area contributed by atoms with Gasteiger partial charge in [-0.1, -0.05) is 25.1 Å². The van der Waals surface area contributed by atoms with E-state index in [0.29, 0.717) is 12.6 Å². The highest BCUT2D eigenvalue weighted by Gasteiger charge is 2.34. The van der Waals surface area contributed by atoms with Gasteiger partial charge in [-0.25, -0.2) is 4.98 Å². The summed E-state index contributed by atoms with van der Waals surface area (Å²) in [4.78, 5) is 33.3. The van der Waals surface area contributed by atoms with Crippen LogP contribution < -0.4 is 10.2 Å². The molecule has 0 spiro atoms. The molecule has 2 aromatic rings. The first-order valence-electron chi connectivity index (χ1n) is 9.83. The predicted octanol–water partition coefficient (Wildman–Crippen LogP) is 3.90. The smallest absolute Gasteiger partial charge is 0.241 e. The quantitative estimate of drug-likeness (QED) is 0.693. The molecule has 1 N–H and O–H groups in total. The number of carbonyl (C=O) groups excluding carboxylic acids is 2. The summed E-state index contributed by atoms with van der Waals surface area (Å²) in [5, 5.41) is 5.74. The summed E-state index contributed by atoms with van der Waals surface area (Å²) in [6.07, 6.45) is 3.04. The average molecular weight is 401 g/mol. The van der Waals surface area contributed by atoms with E-state index in [1.807, 2.05) is 47.5 Å². The molecule has 0 radical (unpaired) electrons. The van der Waals surface area contributed by atoms with Crippen molar-refractivity contribution in [1.82, 2.24) is 9.88 Å². The van der Waals surface area contributed by atoms with Gasteiger partial charge in [0.05, 0.1) is 11.7 Å². The molecule has 1 fully saturated rings. The summed E-state index contributed by atoms with van der Waals surface area (Å²) >= 11 is 1.50. The number of rotatable bonds is 9. The molecule has 6 nitrogen and oxygen atoms in total. The van der Waals surface area contributed by atoms with Crippen molar-refractivity contribution in [2.45, 2.75) is 58.7 Å². The van der Waals surface area contributed by atoms with Crippen LogP contribution in [0, 0.1) is 0 Å². The van der Waals surface area contributed by atoms with Crippen LogP contribution in [-0.4, -0.2) is 40.3 Å². The van der Waals surface area contributed by atoms with Gasteiger partial charge in [0, 0.05) is 30.6 Å². The molecule has 7 heteroatoms. The van der Waals surface area contributed by atoms with Crippen molar-refractivity contribution in [1.29, 1.82) is 0 Å². The maximum absolute atomic E-state index is 12.7. The molecule has 0 aliphatic heterocycles. The predicted molar refractivity (Wildman–Crippen MR) is 114 cm³/mol. The summed E-state index contributed by atoms with van der Waals surface area (Å²) in [7, 11) is 0. The number of anilines is 2. The molecule has 0 saturated heterocycles. The normalized spacial score (nSPS) is 14.7. The minimum absolute atomic E-state index is 0.0292. The third-order valence-electron chi connectivity index (χ3n) is 4.84. The first-order valence-corrected chi connectivity index (χ1v) is 10.7. The molecule has 150 valence electrons. The van der Waals surface area contributed by atoms with Crippen LogP contribution in [0.3, 0.4) is 0 Å². The number of nitrogens with zero attached hydrogens (tertiary/aromatic N) is 3. The Balaban J connectivity index is 1.67. The lowest BCUT2D eigenvalue weighted by atomic mass is 10.2. The summed E-state index contributed by atoms with van der Waals surface area (Å²) in [6.45, 7) is 7.01. The Labute approximate surface area is 170 Å². The van der Waals surface area contributed by atoms with E-state index >= 15 is 0 Å². The van der Waals surface area contributed by atoms with Crippen molar-refractivity contribution in [2.24, 2.45) is 0 Å². The zero-order chi connectivity index (χ0) is 20.1. The third kappa shape index (κ3) is 5.17. The molecule has 1 aliphatic rings. The molecule has 3 rings (SSSR count). The third-order valence-corrected chi connectivity index (χ3v) is 5.73. The highest BCUT2D eigenvalue weighted by Crippen LogP contribution is 2.33. The monoisotopic (exact) mass is 400 g/mol. The first-order chi connectivity index (χ1) is 13.5. The van der Waals surface area contributed by atoms with Crippen LogP contribution in [0.25, 0.3) is 0 Å². The van der Waals surface area contributed by atoms with Crippen molar-refractivity contribution in [3.05, 3.63) is 41.4 Å². The van der Waals surface area contributed by atoms with Gasteiger partial charge in [0.25, 0.3) is 0 Å². The lowest BCUT2D eigenvalue weighted by Crippen LogP contribution is -2.42. The van der Waals surface area contributed by atoms with Gasteiger partial charge in [-0.15, -0.1) is 11.3 Å². The van der Waals surface area contributed by atoms with E-state index in [2.05, 4.69) is 17.1 Å². The number of nitrogens with one attached hydrogen (secondary N) is 1. The minimum Gasteiger partial charge on any atom is -0.325 e. The van der Waals surface area contributed by atoms with Gasteiger partial charge in [0.2, 0.25) is 11.8 Å². The number of aromatic nitrogens is 1. The highest BCUT2D eigenvalue weighted by atomic mass is 32.1. The second-order valence-corrected chi connectivity index (χ2v) is 8.08. The Kier molecular flexibility index (Phi) is 6.80. The van der Waals surface area contributed by atoms with E-state index < -0.39 is 0 Å². The Hall–Kier alpha value is -2.25. The van der Waals surface area contributed by atoms with Gasteiger partial charge in [-0.3, -0.25) is 19.4 Å². The summed E-state index contributed by atoms with van der Waals surface area (Å²) in [5.41, 5.74) is 1.70. The fraction of sp³-hybridized carbons (Fsp3) is 0.476. The van der Waals surface area contributed by atoms with Crippen molar-refractivity contribution >= 4 is 34.0 Å². The zero-order valence-corrected chi connectivity index (χ0v) is 17.5. The van der Waals surface area contributed by atoms with Crippen molar-refractivity contribution in [3.63, 3.8) is 0 Å². The van der Waals surface area contributed by atoms with Gasteiger partial charge in [0.1, 0.15) is 0 Å². The molecule has 1 atom stereocenters. The van der Waals surface area contributed by atoms with E-state index in [4.69, 9.17) is 4.98 Å². The van der Waals surface area contributed by atoms with Crippen LogP contribution in [0.15, 0.2) is 35.7 Å². The summed E-state index contributed by atoms with van der Waals surface area (Å²) in [6, 6.07) is 9.53. The fourth-order valence-electron chi connectivity index (χ4n) is 3.20. The van der Waals surface area contributed by atoms with Gasteiger partial charge in [-0.2, -0.15) is 0 Å². The van der Waals surface area contributed by atoms with E-state index in [9.17, 15) is 9.59 Å². The van der Waals surface area contributed by atoms with E-state index in [0.717, 1.165) is 42.3 Å². The van der Waals surface area contributed by atoms with Crippen molar-refractivity contribution < 1.29 is 9.59 Å². The lowest BCUT2D eigenvalue weighted by Gasteiger charge is -2.27. The van der Waals surface area contributed by atoms with Crippen LogP contribution >= 0.6 is 11.3 Å². The summed E-state index contributed by atoms with van der Waals surface area (Å²) in [5.74, 6) is 0.0165. The van der Waals surface area contributed by atoms with Gasteiger partial charge >= 0.3 is 0 Å². The number of carbonyl (C=O) groups is 2. The first kappa shape index (κ1) is 20.5. The van der Waals surface area contributed by atoms with E-state index in [1.54, 1.807) is 6.92 Å². The molecule has 1 aliphatic carbocycles. The molecule has 1 aromatic heterocycles. The lowest BCUT2D eigenvalue weighted by molar-refractivity contribution is -0.121. The number of hydrogen-bond acceptors (Lipinski definition) is 5. The van der Waals surface area contributed by atoms with Crippen LogP contribution in [0.2, 0.25) is 0 Å². The second-order valence-electron chi connectivity index (χ2n) is 7.24. The standard InChI is InChI=1S/C21H28N4O2S/c1-4-12-24(15(2)20(27)22-17-8-6-5-7-9-17)13-18-14-28-21(23-18)25(16(3)26)19-10-11-19/h5-9,14-15,19H,4,10-13H2,1-3H3,(H,22,27). The highest BCUT2D eigenvalue weighted by molar-refractivity contribution is 7.14. The largest absolute Gasteiger partial charge is 0.325 e. The molecule has 28 heavy (non-hydrogen) atoms. The Morgan fingerprint density at radius 2 is 2.00 bits per heavy atom. The topological polar surface area (TPSA) is 65.5 Å². The Morgan fingerprint density at radius 3 is 2.61 bits per heavy atom. The van der Waals surface area contributed by atoms with Crippen LogP contribution in [0.5, 0.6) is 0 Å².